The van der Waals surface area contributed by atoms with Crippen LogP contribution in [0.25, 0.3) is 0 Å². The number of rotatable bonds is 16. The van der Waals surface area contributed by atoms with Gasteiger partial charge in [-0.05, 0) is 6.42 Å². The minimum atomic E-state index is -0.807. The van der Waals surface area contributed by atoms with Crippen LogP contribution < -0.4 is 5.73 Å². The maximum absolute atomic E-state index is 9.12. The lowest BCUT2D eigenvalue weighted by molar-refractivity contribution is 0.112. The molecule has 0 unspecified atom stereocenters. The molecule has 0 amide bonds. The Bertz CT molecular complexity index is 263. The summed E-state index contributed by atoms with van der Waals surface area (Å²) in [4.78, 5) is 0. The summed E-state index contributed by atoms with van der Waals surface area (Å²) in [6, 6.07) is 1.49. The normalized spacial score (nSPS) is 12.8. The highest BCUT2D eigenvalue weighted by Crippen LogP contribution is 2.17. The second kappa shape index (κ2) is 13.4. The minimum absolute atomic E-state index is 0.124. The van der Waals surface area contributed by atoms with Crippen LogP contribution in [-0.4, -0.2) is 37.0 Å². The van der Waals surface area contributed by atoms with Gasteiger partial charge in [0, 0.05) is 8.07 Å². The number of hydrogen-bond acceptors (Lipinski definition) is 3. The molecule has 0 saturated carbocycles. The van der Waals surface area contributed by atoms with Crippen LogP contribution >= 0.6 is 0 Å². The van der Waals surface area contributed by atoms with E-state index in [1.54, 1.807) is 0 Å². The van der Waals surface area contributed by atoms with Crippen molar-refractivity contribution in [1.82, 2.24) is 0 Å². The standard InChI is InChI=1S/C19H43NO2Si/c1-23(2,3)16-14-12-10-8-6-4-5-7-9-11-13-15-19(20,17-21)18-22/h21-22H,4-18,20H2,1-3H3. The summed E-state index contributed by atoms with van der Waals surface area (Å²) in [5.41, 5.74) is 5.08. The van der Waals surface area contributed by atoms with Gasteiger partial charge >= 0.3 is 0 Å². The van der Waals surface area contributed by atoms with Crippen LogP contribution in [0.2, 0.25) is 25.7 Å². The lowest BCUT2D eigenvalue weighted by Gasteiger charge is -2.24. The molecule has 4 heteroatoms. The van der Waals surface area contributed by atoms with Gasteiger partial charge in [-0.25, -0.2) is 0 Å². The molecule has 0 atom stereocenters. The number of unbranched alkanes of at least 4 members (excludes halogenated alkanes) is 10. The van der Waals surface area contributed by atoms with E-state index in [0.29, 0.717) is 0 Å². The second-order valence-electron chi connectivity index (χ2n) is 8.63. The lowest BCUT2D eigenvalue weighted by atomic mass is 9.94. The first kappa shape index (κ1) is 23.1. The van der Waals surface area contributed by atoms with Crippen LogP contribution in [0.4, 0.5) is 0 Å². The summed E-state index contributed by atoms with van der Waals surface area (Å²) in [7, 11) is -0.807. The Hall–Kier alpha value is 0.0969. The van der Waals surface area contributed by atoms with Crippen molar-refractivity contribution in [2.45, 2.75) is 108 Å². The van der Waals surface area contributed by atoms with Crippen molar-refractivity contribution in [2.75, 3.05) is 13.2 Å². The minimum Gasteiger partial charge on any atom is -0.394 e. The Balaban J connectivity index is 3.22. The second-order valence-corrected chi connectivity index (χ2v) is 14.2. The van der Waals surface area contributed by atoms with Crippen LogP contribution in [0, 0.1) is 0 Å². The van der Waals surface area contributed by atoms with Gasteiger partial charge in [0.25, 0.3) is 0 Å². The van der Waals surface area contributed by atoms with E-state index in [0.717, 1.165) is 19.3 Å². The first-order valence-corrected chi connectivity index (χ1v) is 13.5. The zero-order valence-corrected chi connectivity index (χ0v) is 17.1. The molecule has 0 aliphatic carbocycles. The van der Waals surface area contributed by atoms with Crippen molar-refractivity contribution in [1.29, 1.82) is 0 Å². The molecule has 4 N–H and O–H groups in total. The fourth-order valence-corrected chi connectivity index (χ4v) is 4.24. The SMILES string of the molecule is C[Si](C)(C)CCCCCCCCCCCCCC(N)(CO)CO. The van der Waals surface area contributed by atoms with E-state index in [1.807, 2.05) is 0 Å². The van der Waals surface area contributed by atoms with Crippen LogP contribution in [0.3, 0.4) is 0 Å². The average molecular weight is 346 g/mol. The van der Waals surface area contributed by atoms with Crippen molar-refractivity contribution in [3.8, 4) is 0 Å². The molecule has 0 saturated heterocycles. The largest absolute Gasteiger partial charge is 0.394 e. The molecule has 3 nitrogen and oxygen atoms in total. The highest BCUT2D eigenvalue weighted by atomic mass is 28.3. The predicted octanol–water partition coefficient (Wildman–Crippen LogP) is 4.69. The van der Waals surface area contributed by atoms with Gasteiger partial charge in [-0.15, -0.1) is 0 Å². The van der Waals surface area contributed by atoms with E-state index in [-0.39, 0.29) is 13.2 Å². The van der Waals surface area contributed by atoms with E-state index in [4.69, 9.17) is 15.9 Å². The maximum atomic E-state index is 9.12. The summed E-state index contributed by atoms with van der Waals surface area (Å²) in [5.74, 6) is 0. The van der Waals surface area contributed by atoms with Gasteiger partial charge in [-0.3, -0.25) is 0 Å². The van der Waals surface area contributed by atoms with Gasteiger partial charge in [0.05, 0.1) is 18.8 Å². The summed E-state index contributed by atoms with van der Waals surface area (Å²) >= 11 is 0. The monoisotopic (exact) mass is 345 g/mol. The molecule has 0 radical (unpaired) electrons. The number of aliphatic hydroxyl groups excluding tert-OH is 2. The fraction of sp³-hybridized carbons (Fsp3) is 1.00. The van der Waals surface area contributed by atoms with E-state index in [1.165, 1.54) is 63.8 Å². The maximum Gasteiger partial charge on any atom is 0.0633 e. The average Bonchev–Trinajstić information content (AvgIpc) is 2.50. The molecular weight excluding hydrogens is 302 g/mol. The van der Waals surface area contributed by atoms with E-state index in [2.05, 4.69) is 19.6 Å². The van der Waals surface area contributed by atoms with Crippen molar-refractivity contribution < 1.29 is 10.2 Å². The predicted molar refractivity (Wildman–Crippen MR) is 105 cm³/mol. The zero-order chi connectivity index (χ0) is 17.6. The third-order valence-electron chi connectivity index (χ3n) is 4.73. The quantitative estimate of drug-likeness (QED) is 0.281. The molecule has 0 aromatic carbocycles. The summed E-state index contributed by atoms with van der Waals surface area (Å²) in [6.45, 7) is 7.15. The van der Waals surface area contributed by atoms with Gasteiger partial charge in [0.15, 0.2) is 0 Å². The topological polar surface area (TPSA) is 66.5 Å². The van der Waals surface area contributed by atoms with Crippen LogP contribution in [-0.2, 0) is 0 Å². The Kier molecular flexibility index (Phi) is 13.5. The van der Waals surface area contributed by atoms with Gasteiger partial charge in [0.1, 0.15) is 0 Å². The molecule has 0 aliphatic heterocycles. The molecule has 0 aromatic rings. The van der Waals surface area contributed by atoms with E-state index in [9.17, 15) is 0 Å². The lowest BCUT2D eigenvalue weighted by Crippen LogP contribution is -2.47. The van der Waals surface area contributed by atoms with Gasteiger partial charge < -0.3 is 15.9 Å². The first-order chi connectivity index (χ1) is 10.8. The Morgan fingerprint density at radius 1 is 0.652 bits per heavy atom. The third-order valence-corrected chi connectivity index (χ3v) is 6.58. The molecule has 0 fully saturated rings. The van der Waals surface area contributed by atoms with Crippen LogP contribution in [0.15, 0.2) is 0 Å². The molecule has 140 valence electrons. The molecule has 0 spiro atoms. The molecule has 0 bridgehead atoms. The number of nitrogens with two attached hydrogens (primary N) is 1. The van der Waals surface area contributed by atoms with Crippen molar-refractivity contribution in [3.63, 3.8) is 0 Å². The van der Waals surface area contributed by atoms with Gasteiger partial charge in [-0.2, -0.15) is 0 Å². The fourth-order valence-electron chi connectivity index (χ4n) is 2.93. The molecule has 23 heavy (non-hydrogen) atoms. The molecule has 0 aliphatic rings. The summed E-state index contributed by atoms with van der Waals surface area (Å²) < 4.78 is 0. The third kappa shape index (κ3) is 15.4. The summed E-state index contributed by atoms with van der Waals surface area (Å²) in [6.07, 6.45) is 15.3. The van der Waals surface area contributed by atoms with Crippen molar-refractivity contribution in [2.24, 2.45) is 5.73 Å². The first-order valence-electron chi connectivity index (χ1n) is 9.84. The molecule has 0 rings (SSSR count). The Labute approximate surface area is 146 Å². The van der Waals surface area contributed by atoms with E-state index < -0.39 is 13.6 Å². The zero-order valence-electron chi connectivity index (χ0n) is 16.1. The van der Waals surface area contributed by atoms with Gasteiger partial charge in [0.2, 0.25) is 0 Å². The number of aliphatic hydroxyl groups is 2. The highest BCUT2D eigenvalue weighted by molar-refractivity contribution is 6.76. The van der Waals surface area contributed by atoms with Gasteiger partial charge in [-0.1, -0.05) is 96.3 Å². The number of hydrogen-bond donors (Lipinski definition) is 3. The van der Waals surface area contributed by atoms with Crippen LogP contribution in [0.5, 0.6) is 0 Å². The molecular formula is C19H43NO2Si. The Morgan fingerprint density at radius 2 is 1.00 bits per heavy atom. The molecule has 0 aromatic heterocycles. The molecule has 0 heterocycles. The van der Waals surface area contributed by atoms with E-state index >= 15 is 0 Å². The smallest absolute Gasteiger partial charge is 0.0633 e. The van der Waals surface area contributed by atoms with Crippen LogP contribution in [0.1, 0.15) is 77.0 Å². The van der Waals surface area contributed by atoms with Crippen molar-refractivity contribution >= 4 is 8.07 Å². The van der Waals surface area contributed by atoms with Crippen molar-refractivity contribution in [3.05, 3.63) is 0 Å². The highest BCUT2D eigenvalue weighted by Gasteiger charge is 2.21. The Morgan fingerprint density at radius 3 is 1.35 bits per heavy atom. The summed E-state index contributed by atoms with van der Waals surface area (Å²) in [5, 5.41) is 18.2.